The standard InChI is InChI=1S/C18H28N6O3S/c1-5-24-16(8-9-19-24)13-21(3)18(25)15-7-6-10-23(12-15)28(26,27)17-11-20-22(4)14(17)2/h8-9,11,15H,5-7,10,12-13H2,1-4H3/t15-/m0/s1. The maximum absolute atomic E-state index is 13.0. The molecule has 0 spiro atoms. The summed E-state index contributed by atoms with van der Waals surface area (Å²) >= 11 is 0. The van der Waals surface area contributed by atoms with Crippen molar-refractivity contribution in [1.29, 1.82) is 0 Å². The van der Waals surface area contributed by atoms with E-state index in [1.165, 1.54) is 10.5 Å². The molecule has 10 heteroatoms. The first-order chi connectivity index (χ1) is 13.3. The molecule has 0 aliphatic carbocycles. The van der Waals surface area contributed by atoms with Gasteiger partial charge in [0, 0.05) is 39.9 Å². The normalized spacial score (nSPS) is 18.4. The van der Waals surface area contributed by atoms with Crippen LogP contribution in [0.5, 0.6) is 0 Å². The highest BCUT2D eigenvalue weighted by Crippen LogP contribution is 2.26. The van der Waals surface area contributed by atoms with Gasteiger partial charge in [-0.05, 0) is 32.8 Å². The molecule has 1 fully saturated rings. The van der Waals surface area contributed by atoms with E-state index >= 15 is 0 Å². The summed E-state index contributed by atoms with van der Waals surface area (Å²) in [4.78, 5) is 14.8. The van der Waals surface area contributed by atoms with E-state index in [-0.39, 0.29) is 23.3 Å². The van der Waals surface area contributed by atoms with Crippen molar-refractivity contribution in [2.45, 2.75) is 44.7 Å². The number of nitrogens with zero attached hydrogens (tertiary/aromatic N) is 6. The van der Waals surface area contributed by atoms with Crippen LogP contribution in [0.2, 0.25) is 0 Å². The van der Waals surface area contributed by atoms with E-state index in [4.69, 9.17) is 0 Å². The summed E-state index contributed by atoms with van der Waals surface area (Å²) in [5.41, 5.74) is 1.56. The van der Waals surface area contributed by atoms with Crippen molar-refractivity contribution in [2.24, 2.45) is 13.0 Å². The predicted octanol–water partition coefficient (Wildman–Crippen LogP) is 1.00. The summed E-state index contributed by atoms with van der Waals surface area (Å²) in [7, 11) is -0.186. The molecule has 9 nitrogen and oxygen atoms in total. The van der Waals surface area contributed by atoms with Gasteiger partial charge in [0.2, 0.25) is 15.9 Å². The third-order valence-electron chi connectivity index (χ3n) is 5.42. The van der Waals surface area contributed by atoms with Crippen molar-refractivity contribution in [3.63, 3.8) is 0 Å². The number of aromatic nitrogens is 4. The SMILES string of the molecule is CCn1nccc1CN(C)C(=O)[C@H]1CCCN(S(=O)(=O)c2cnn(C)c2C)C1. The molecule has 0 N–H and O–H groups in total. The van der Waals surface area contributed by atoms with Crippen LogP contribution in [0.1, 0.15) is 31.2 Å². The van der Waals surface area contributed by atoms with Gasteiger partial charge in [0.15, 0.2) is 0 Å². The number of amides is 1. The van der Waals surface area contributed by atoms with E-state index < -0.39 is 10.0 Å². The number of rotatable bonds is 6. The lowest BCUT2D eigenvalue weighted by atomic mass is 9.98. The molecular formula is C18H28N6O3S. The van der Waals surface area contributed by atoms with Crippen molar-refractivity contribution in [1.82, 2.24) is 28.8 Å². The molecule has 2 aromatic rings. The third-order valence-corrected chi connectivity index (χ3v) is 7.39. The van der Waals surface area contributed by atoms with Crippen molar-refractivity contribution in [3.05, 3.63) is 29.8 Å². The molecule has 0 saturated carbocycles. The zero-order valence-corrected chi connectivity index (χ0v) is 17.7. The van der Waals surface area contributed by atoms with Crippen LogP contribution in [0.4, 0.5) is 0 Å². The number of aryl methyl sites for hydroxylation is 2. The molecule has 1 aliphatic heterocycles. The van der Waals surface area contributed by atoms with Gasteiger partial charge < -0.3 is 4.90 Å². The Kier molecular flexibility index (Phi) is 5.90. The molecular weight excluding hydrogens is 380 g/mol. The number of piperidine rings is 1. The first-order valence-corrected chi connectivity index (χ1v) is 10.9. The van der Waals surface area contributed by atoms with Crippen molar-refractivity contribution in [2.75, 3.05) is 20.1 Å². The maximum atomic E-state index is 13.0. The number of carbonyl (C=O) groups is 1. The monoisotopic (exact) mass is 408 g/mol. The molecule has 1 atom stereocenters. The highest BCUT2D eigenvalue weighted by Gasteiger charge is 2.36. The van der Waals surface area contributed by atoms with Crippen LogP contribution in [0.25, 0.3) is 0 Å². The number of hydrogen-bond acceptors (Lipinski definition) is 5. The highest BCUT2D eigenvalue weighted by molar-refractivity contribution is 7.89. The molecule has 28 heavy (non-hydrogen) atoms. The van der Waals surface area contributed by atoms with Crippen molar-refractivity contribution >= 4 is 15.9 Å². The lowest BCUT2D eigenvalue weighted by molar-refractivity contribution is -0.136. The summed E-state index contributed by atoms with van der Waals surface area (Å²) in [6.07, 6.45) is 4.46. The lowest BCUT2D eigenvalue weighted by Crippen LogP contribution is -2.45. The van der Waals surface area contributed by atoms with Gasteiger partial charge in [-0.2, -0.15) is 14.5 Å². The van der Waals surface area contributed by atoms with Gasteiger partial charge in [0.1, 0.15) is 4.90 Å². The predicted molar refractivity (Wildman–Crippen MR) is 104 cm³/mol. The molecule has 1 amide bonds. The average Bonchev–Trinajstić information content (AvgIpc) is 3.27. The van der Waals surface area contributed by atoms with Gasteiger partial charge in [0.25, 0.3) is 0 Å². The number of sulfonamides is 1. The minimum Gasteiger partial charge on any atom is -0.340 e. The molecule has 1 aliphatic rings. The molecule has 0 aromatic carbocycles. The van der Waals surface area contributed by atoms with Gasteiger partial charge in [-0.1, -0.05) is 0 Å². The van der Waals surface area contributed by atoms with E-state index in [2.05, 4.69) is 10.2 Å². The molecule has 0 radical (unpaired) electrons. The summed E-state index contributed by atoms with van der Waals surface area (Å²) in [5.74, 6) is -0.379. The minimum atomic E-state index is -3.66. The Labute approximate surface area is 166 Å². The Bertz CT molecular complexity index is 948. The van der Waals surface area contributed by atoms with Gasteiger partial charge in [-0.15, -0.1) is 0 Å². The molecule has 1 saturated heterocycles. The Balaban J connectivity index is 1.72. The third kappa shape index (κ3) is 3.83. The quantitative estimate of drug-likeness (QED) is 0.711. The van der Waals surface area contributed by atoms with E-state index in [1.54, 1.807) is 36.8 Å². The Morgan fingerprint density at radius 1 is 1.36 bits per heavy atom. The van der Waals surface area contributed by atoms with Gasteiger partial charge in [0.05, 0.1) is 30.0 Å². The van der Waals surface area contributed by atoms with Crippen LogP contribution < -0.4 is 0 Å². The topological polar surface area (TPSA) is 93.3 Å². The van der Waals surface area contributed by atoms with Gasteiger partial charge >= 0.3 is 0 Å². The number of carbonyl (C=O) groups excluding carboxylic acids is 1. The van der Waals surface area contributed by atoms with Gasteiger partial charge in [-0.25, -0.2) is 8.42 Å². The molecule has 0 unspecified atom stereocenters. The summed E-state index contributed by atoms with van der Waals surface area (Å²) in [6.45, 7) is 5.56. The van der Waals surface area contributed by atoms with E-state index in [1.807, 2.05) is 17.7 Å². The van der Waals surface area contributed by atoms with E-state index in [0.29, 0.717) is 31.6 Å². The Morgan fingerprint density at radius 2 is 2.11 bits per heavy atom. The molecule has 3 heterocycles. The number of hydrogen-bond donors (Lipinski definition) is 0. The fourth-order valence-corrected chi connectivity index (χ4v) is 5.35. The molecule has 154 valence electrons. The average molecular weight is 409 g/mol. The minimum absolute atomic E-state index is 0.0355. The van der Waals surface area contributed by atoms with Crippen LogP contribution in [-0.4, -0.2) is 63.2 Å². The van der Waals surface area contributed by atoms with Crippen LogP contribution in [0, 0.1) is 12.8 Å². The van der Waals surface area contributed by atoms with E-state index in [9.17, 15) is 13.2 Å². The van der Waals surface area contributed by atoms with Crippen LogP contribution in [-0.2, 0) is 35.0 Å². The fourth-order valence-electron chi connectivity index (χ4n) is 3.64. The zero-order valence-electron chi connectivity index (χ0n) is 16.9. The van der Waals surface area contributed by atoms with E-state index in [0.717, 1.165) is 12.2 Å². The van der Waals surface area contributed by atoms with Crippen molar-refractivity contribution in [3.8, 4) is 0 Å². The van der Waals surface area contributed by atoms with Gasteiger partial charge in [-0.3, -0.25) is 14.2 Å². The summed E-state index contributed by atoms with van der Waals surface area (Å²) in [5, 5.41) is 8.28. The van der Waals surface area contributed by atoms with Crippen LogP contribution in [0.3, 0.4) is 0 Å². The zero-order chi connectivity index (χ0) is 20.5. The second-order valence-corrected chi connectivity index (χ2v) is 9.16. The smallest absolute Gasteiger partial charge is 0.246 e. The first-order valence-electron chi connectivity index (χ1n) is 9.50. The van der Waals surface area contributed by atoms with Crippen LogP contribution in [0.15, 0.2) is 23.4 Å². The second-order valence-electron chi connectivity index (χ2n) is 7.25. The van der Waals surface area contributed by atoms with Crippen molar-refractivity contribution < 1.29 is 13.2 Å². The highest BCUT2D eigenvalue weighted by atomic mass is 32.2. The largest absolute Gasteiger partial charge is 0.340 e. The first kappa shape index (κ1) is 20.5. The Morgan fingerprint density at radius 3 is 2.75 bits per heavy atom. The molecule has 3 rings (SSSR count). The maximum Gasteiger partial charge on any atom is 0.246 e. The molecule has 2 aromatic heterocycles. The fraction of sp³-hybridized carbons (Fsp3) is 0.611. The van der Waals surface area contributed by atoms with Crippen LogP contribution >= 0.6 is 0 Å². The molecule has 0 bridgehead atoms. The second kappa shape index (κ2) is 8.04. The summed E-state index contributed by atoms with van der Waals surface area (Å²) < 4.78 is 30.9. The Hall–Kier alpha value is -2.20. The summed E-state index contributed by atoms with van der Waals surface area (Å²) in [6, 6.07) is 1.90. The lowest BCUT2D eigenvalue weighted by Gasteiger charge is -2.33.